The molecule has 3 rings (SSSR count). The van der Waals surface area contributed by atoms with Gasteiger partial charge in [0, 0.05) is 23.5 Å². The average molecular weight is 256 g/mol. The summed E-state index contributed by atoms with van der Waals surface area (Å²) in [5.41, 5.74) is 11.8. The number of aromatic nitrogens is 3. The minimum Gasteiger partial charge on any atom is -0.326 e. The van der Waals surface area contributed by atoms with Gasteiger partial charge in [0.1, 0.15) is 12.1 Å². The molecule has 0 saturated heterocycles. The number of hydrogen-bond donors (Lipinski definition) is 1. The van der Waals surface area contributed by atoms with Crippen molar-refractivity contribution in [3.05, 3.63) is 40.6 Å². The van der Waals surface area contributed by atoms with Crippen LogP contribution in [0.15, 0.2) is 12.4 Å². The molecular formula is C15H20N4. The fourth-order valence-electron chi connectivity index (χ4n) is 2.74. The summed E-state index contributed by atoms with van der Waals surface area (Å²) in [5, 5.41) is 0. The molecule has 0 spiro atoms. The van der Waals surface area contributed by atoms with Crippen molar-refractivity contribution >= 4 is 0 Å². The van der Waals surface area contributed by atoms with Crippen LogP contribution in [0.3, 0.4) is 0 Å². The first kappa shape index (κ1) is 12.4. The minimum absolute atomic E-state index is 0.520. The highest BCUT2D eigenvalue weighted by Gasteiger charge is 2.16. The van der Waals surface area contributed by atoms with Gasteiger partial charge in [-0.25, -0.2) is 9.97 Å². The van der Waals surface area contributed by atoms with Gasteiger partial charge in [0.05, 0.1) is 5.69 Å². The number of fused-ring (bicyclic) bond motifs is 1. The summed E-state index contributed by atoms with van der Waals surface area (Å²) in [6.07, 6.45) is 6.57. The van der Waals surface area contributed by atoms with Gasteiger partial charge in [0.25, 0.3) is 0 Å². The summed E-state index contributed by atoms with van der Waals surface area (Å²) in [5.74, 6) is 0.959. The second-order valence-electron chi connectivity index (χ2n) is 5.27. The van der Waals surface area contributed by atoms with E-state index in [1.807, 2.05) is 13.3 Å². The third-order valence-corrected chi connectivity index (χ3v) is 4.06. The molecule has 4 nitrogen and oxygen atoms in total. The molecule has 19 heavy (non-hydrogen) atoms. The van der Waals surface area contributed by atoms with Crippen LogP contribution in [0, 0.1) is 13.8 Å². The topological polar surface area (TPSA) is 56.7 Å². The van der Waals surface area contributed by atoms with Crippen LogP contribution >= 0.6 is 0 Å². The fraction of sp³-hybridized carbons (Fsp3) is 0.467. The van der Waals surface area contributed by atoms with Crippen LogP contribution in [-0.2, 0) is 19.4 Å². The predicted molar refractivity (Wildman–Crippen MR) is 75.4 cm³/mol. The third-order valence-electron chi connectivity index (χ3n) is 4.06. The highest BCUT2D eigenvalue weighted by atomic mass is 15.1. The number of rotatable bonds is 2. The van der Waals surface area contributed by atoms with Crippen molar-refractivity contribution in [2.45, 2.75) is 46.1 Å². The molecule has 0 atom stereocenters. The molecule has 2 N–H and O–H groups in total. The summed E-state index contributed by atoms with van der Waals surface area (Å²) in [6, 6.07) is 2.24. The van der Waals surface area contributed by atoms with E-state index in [4.69, 9.17) is 10.7 Å². The second kappa shape index (κ2) is 4.78. The predicted octanol–water partition coefficient (Wildman–Crippen LogP) is 2.22. The van der Waals surface area contributed by atoms with Crippen molar-refractivity contribution in [2.24, 2.45) is 5.73 Å². The van der Waals surface area contributed by atoms with Crippen molar-refractivity contribution in [1.82, 2.24) is 14.5 Å². The number of nitrogens with zero attached hydrogens (tertiary/aromatic N) is 3. The molecule has 2 heterocycles. The molecule has 0 unspecified atom stereocenters. The molecule has 100 valence electrons. The monoisotopic (exact) mass is 256 g/mol. The molecule has 0 aromatic carbocycles. The Bertz CT molecular complexity index is 613. The van der Waals surface area contributed by atoms with Crippen LogP contribution < -0.4 is 5.73 Å². The second-order valence-corrected chi connectivity index (χ2v) is 5.27. The summed E-state index contributed by atoms with van der Waals surface area (Å²) in [6.45, 7) is 4.61. The lowest BCUT2D eigenvalue weighted by atomic mass is 9.94. The lowest BCUT2D eigenvalue weighted by Gasteiger charge is -2.19. The van der Waals surface area contributed by atoms with Gasteiger partial charge in [-0.05, 0) is 51.2 Å². The zero-order valence-corrected chi connectivity index (χ0v) is 11.6. The highest BCUT2D eigenvalue weighted by molar-refractivity contribution is 5.42. The number of hydrogen-bond acceptors (Lipinski definition) is 3. The van der Waals surface area contributed by atoms with Crippen LogP contribution in [0.1, 0.15) is 41.1 Å². The summed E-state index contributed by atoms with van der Waals surface area (Å²) >= 11 is 0. The molecule has 2 aromatic heterocycles. The Morgan fingerprint density at radius 2 is 2.05 bits per heavy atom. The quantitative estimate of drug-likeness (QED) is 0.896. The maximum absolute atomic E-state index is 5.90. The van der Waals surface area contributed by atoms with Gasteiger partial charge >= 0.3 is 0 Å². The Morgan fingerprint density at radius 3 is 2.74 bits per heavy atom. The van der Waals surface area contributed by atoms with Crippen molar-refractivity contribution in [3.8, 4) is 5.82 Å². The van der Waals surface area contributed by atoms with E-state index in [-0.39, 0.29) is 0 Å². The Morgan fingerprint density at radius 1 is 1.26 bits per heavy atom. The van der Waals surface area contributed by atoms with Crippen molar-refractivity contribution < 1.29 is 0 Å². The van der Waals surface area contributed by atoms with Gasteiger partial charge in [0.15, 0.2) is 0 Å². The van der Waals surface area contributed by atoms with Crippen molar-refractivity contribution in [1.29, 1.82) is 0 Å². The molecule has 2 aromatic rings. The first-order chi connectivity index (χ1) is 9.20. The molecule has 0 aliphatic heterocycles. The van der Waals surface area contributed by atoms with Gasteiger partial charge in [-0.3, -0.25) is 4.57 Å². The lowest BCUT2D eigenvalue weighted by Crippen LogP contribution is -2.14. The highest BCUT2D eigenvalue weighted by Crippen LogP contribution is 2.25. The lowest BCUT2D eigenvalue weighted by molar-refractivity contribution is 0.661. The zero-order chi connectivity index (χ0) is 13.4. The standard InChI is InChI=1S/C15H20N4/c1-10-11(2)19(9-17-10)15-13(8-16)7-12-5-3-4-6-14(12)18-15/h7,9H,3-6,8,16H2,1-2H3. The first-order valence-electron chi connectivity index (χ1n) is 6.93. The fourth-order valence-corrected chi connectivity index (χ4v) is 2.74. The number of imidazole rings is 1. The molecule has 1 aliphatic carbocycles. The molecule has 0 fully saturated rings. The SMILES string of the molecule is Cc1ncn(-c2nc3c(cc2CN)CCCC3)c1C. The Balaban J connectivity index is 2.17. The molecule has 0 saturated carbocycles. The molecular weight excluding hydrogens is 236 g/mol. The average Bonchev–Trinajstić information content (AvgIpc) is 2.77. The van der Waals surface area contributed by atoms with Gasteiger partial charge in [0.2, 0.25) is 0 Å². The van der Waals surface area contributed by atoms with Crippen LogP contribution in [0.5, 0.6) is 0 Å². The smallest absolute Gasteiger partial charge is 0.142 e. The van der Waals surface area contributed by atoms with E-state index in [2.05, 4.69) is 22.5 Å². The normalized spacial score (nSPS) is 14.5. The molecule has 0 radical (unpaired) electrons. The van der Waals surface area contributed by atoms with E-state index in [9.17, 15) is 0 Å². The van der Waals surface area contributed by atoms with E-state index in [1.165, 1.54) is 24.1 Å². The summed E-state index contributed by atoms with van der Waals surface area (Å²) < 4.78 is 2.06. The number of aryl methyl sites for hydroxylation is 3. The van der Waals surface area contributed by atoms with Crippen LogP contribution in [0.2, 0.25) is 0 Å². The molecule has 0 amide bonds. The molecule has 0 bridgehead atoms. The summed E-state index contributed by atoms with van der Waals surface area (Å²) in [7, 11) is 0. The minimum atomic E-state index is 0.520. The Hall–Kier alpha value is -1.68. The van der Waals surface area contributed by atoms with E-state index in [1.54, 1.807) is 0 Å². The van der Waals surface area contributed by atoms with E-state index in [0.717, 1.165) is 35.6 Å². The van der Waals surface area contributed by atoms with Gasteiger partial charge in [-0.15, -0.1) is 0 Å². The number of pyridine rings is 1. The van der Waals surface area contributed by atoms with Crippen LogP contribution in [0.25, 0.3) is 5.82 Å². The largest absolute Gasteiger partial charge is 0.326 e. The van der Waals surface area contributed by atoms with Gasteiger partial charge < -0.3 is 5.73 Å². The van der Waals surface area contributed by atoms with E-state index >= 15 is 0 Å². The van der Waals surface area contributed by atoms with E-state index < -0.39 is 0 Å². The van der Waals surface area contributed by atoms with Crippen LogP contribution in [0.4, 0.5) is 0 Å². The maximum Gasteiger partial charge on any atom is 0.142 e. The maximum atomic E-state index is 5.90. The molecule has 4 heteroatoms. The molecule has 1 aliphatic rings. The third kappa shape index (κ3) is 2.06. The summed E-state index contributed by atoms with van der Waals surface area (Å²) in [4.78, 5) is 9.23. The Kier molecular flexibility index (Phi) is 3.11. The van der Waals surface area contributed by atoms with Crippen LogP contribution in [-0.4, -0.2) is 14.5 Å². The van der Waals surface area contributed by atoms with Crippen molar-refractivity contribution in [3.63, 3.8) is 0 Å². The van der Waals surface area contributed by atoms with Gasteiger partial charge in [-0.1, -0.05) is 0 Å². The Labute approximate surface area is 113 Å². The van der Waals surface area contributed by atoms with E-state index in [0.29, 0.717) is 6.54 Å². The van der Waals surface area contributed by atoms with Crippen molar-refractivity contribution in [2.75, 3.05) is 0 Å². The zero-order valence-electron chi connectivity index (χ0n) is 11.6. The number of nitrogens with two attached hydrogens (primary N) is 1. The van der Waals surface area contributed by atoms with Gasteiger partial charge in [-0.2, -0.15) is 0 Å². The first-order valence-corrected chi connectivity index (χ1v) is 6.93.